The van der Waals surface area contributed by atoms with Crippen molar-refractivity contribution in [2.45, 2.75) is 38.3 Å². The molecule has 0 unspecified atom stereocenters. The lowest BCUT2D eigenvalue weighted by atomic mass is 9.87. The van der Waals surface area contributed by atoms with E-state index in [9.17, 15) is 9.59 Å². The SMILES string of the molecule is O=COC1CCC(CNC(=O)c2cc(Cl)cc3ccn(Cc4cc5ccccc5cn4)c23)CC1. The summed E-state index contributed by atoms with van der Waals surface area (Å²) in [7, 11) is 0. The van der Waals surface area contributed by atoms with Crippen LogP contribution in [0.1, 0.15) is 41.7 Å². The van der Waals surface area contributed by atoms with Crippen molar-refractivity contribution in [3.05, 3.63) is 77.2 Å². The van der Waals surface area contributed by atoms with Crippen LogP contribution in [0.5, 0.6) is 0 Å². The Bertz CT molecular complexity index is 1340. The Kier molecular flexibility index (Phi) is 6.50. The first kappa shape index (κ1) is 22.4. The first-order chi connectivity index (χ1) is 16.6. The van der Waals surface area contributed by atoms with Crippen LogP contribution in [0.15, 0.2) is 60.9 Å². The first-order valence-corrected chi connectivity index (χ1v) is 12.0. The predicted octanol–water partition coefficient (Wildman–Crippen LogP) is 5.35. The zero-order valence-corrected chi connectivity index (χ0v) is 19.5. The van der Waals surface area contributed by atoms with Crippen LogP contribution >= 0.6 is 11.6 Å². The van der Waals surface area contributed by atoms with Crippen LogP contribution in [0.25, 0.3) is 21.7 Å². The molecule has 34 heavy (non-hydrogen) atoms. The molecule has 4 aromatic rings. The topological polar surface area (TPSA) is 73.2 Å². The summed E-state index contributed by atoms with van der Waals surface area (Å²) in [6.07, 6.45) is 7.38. The molecule has 0 saturated heterocycles. The van der Waals surface area contributed by atoms with Gasteiger partial charge < -0.3 is 14.6 Å². The van der Waals surface area contributed by atoms with Gasteiger partial charge >= 0.3 is 0 Å². The van der Waals surface area contributed by atoms with Crippen molar-refractivity contribution in [3.63, 3.8) is 0 Å². The van der Waals surface area contributed by atoms with Gasteiger partial charge in [0.2, 0.25) is 0 Å². The highest BCUT2D eigenvalue weighted by Crippen LogP contribution is 2.28. The maximum atomic E-state index is 13.2. The molecule has 2 aromatic heterocycles. The van der Waals surface area contributed by atoms with Gasteiger partial charge in [0.1, 0.15) is 6.10 Å². The van der Waals surface area contributed by atoms with E-state index in [1.54, 1.807) is 6.07 Å². The van der Waals surface area contributed by atoms with E-state index >= 15 is 0 Å². The molecule has 1 N–H and O–H groups in total. The van der Waals surface area contributed by atoms with Gasteiger partial charge in [-0.05, 0) is 61.3 Å². The van der Waals surface area contributed by atoms with Crippen LogP contribution in [0, 0.1) is 5.92 Å². The molecule has 0 spiro atoms. The van der Waals surface area contributed by atoms with Crippen LogP contribution < -0.4 is 5.32 Å². The summed E-state index contributed by atoms with van der Waals surface area (Å²) >= 11 is 6.35. The fraction of sp³-hybridized carbons (Fsp3) is 0.296. The van der Waals surface area contributed by atoms with E-state index in [0.717, 1.165) is 53.1 Å². The Labute approximate surface area is 202 Å². The van der Waals surface area contributed by atoms with Crippen LogP contribution in [0.2, 0.25) is 5.02 Å². The highest BCUT2D eigenvalue weighted by Gasteiger charge is 2.23. The third kappa shape index (κ3) is 4.77. The van der Waals surface area contributed by atoms with E-state index in [1.165, 1.54) is 0 Å². The van der Waals surface area contributed by atoms with Crippen molar-refractivity contribution in [2.24, 2.45) is 5.92 Å². The van der Waals surface area contributed by atoms with Crippen LogP contribution in [0.3, 0.4) is 0 Å². The standard InChI is InChI=1S/C27H26ClN3O3/c28-22-11-20-9-10-31(16-23-12-19-3-1-2-4-21(19)15-29-23)26(20)25(13-22)27(33)30-14-18-5-7-24(8-6-18)34-17-32/h1-4,9-13,15,17-18,24H,5-8,14,16H2,(H,30,33). The van der Waals surface area contributed by atoms with E-state index in [0.29, 0.717) is 36.1 Å². The summed E-state index contributed by atoms with van der Waals surface area (Å²) in [5.41, 5.74) is 2.33. The van der Waals surface area contributed by atoms with Gasteiger partial charge in [-0.2, -0.15) is 0 Å². The van der Waals surface area contributed by atoms with Crippen LogP contribution in [-0.2, 0) is 16.1 Å². The molecule has 0 bridgehead atoms. The van der Waals surface area contributed by atoms with Gasteiger partial charge in [-0.3, -0.25) is 14.6 Å². The number of carbonyl (C=O) groups excluding carboxylic acids is 2. The average Bonchev–Trinajstić information content (AvgIpc) is 3.25. The Hall–Kier alpha value is -3.38. The molecule has 5 rings (SSSR count). The number of aromatic nitrogens is 2. The molecule has 1 aliphatic rings. The highest BCUT2D eigenvalue weighted by molar-refractivity contribution is 6.32. The summed E-state index contributed by atoms with van der Waals surface area (Å²) in [6, 6.07) is 15.8. The Morgan fingerprint density at radius 3 is 2.68 bits per heavy atom. The lowest BCUT2D eigenvalue weighted by molar-refractivity contribution is -0.135. The predicted molar refractivity (Wildman–Crippen MR) is 133 cm³/mol. The first-order valence-electron chi connectivity index (χ1n) is 11.6. The van der Waals surface area contributed by atoms with Gasteiger partial charge in [0, 0.05) is 34.7 Å². The number of fused-ring (bicyclic) bond motifs is 2. The van der Waals surface area contributed by atoms with Crippen molar-refractivity contribution >= 4 is 45.7 Å². The Morgan fingerprint density at radius 2 is 1.88 bits per heavy atom. The average molecular weight is 476 g/mol. The van der Waals surface area contributed by atoms with Crippen molar-refractivity contribution in [3.8, 4) is 0 Å². The lowest BCUT2D eigenvalue weighted by Gasteiger charge is -2.27. The molecular weight excluding hydrogens is 450 g/mol. The molecule has 0 aliphatic heterocycles. The normalized spacial score (nSPS) is 18.1. The van der Waals surface area contributed by atoms with Gasteiger partial charge in [-0.1, -0.05) is 35.9 Å². The van der Waals surface area contributed by atoms with Gasteiger partial charge in [-0.15, -0.1) is 0 Å². The summed E-state index contributed by atoms with van der Waals surface area (Å²) < 4.78 is 7.13. The minimum absolute atomic E-state index is 0.00370. The number of nitrogens with one attached hydrogen (secondary N) is 1. The Balaban J connectivity index is 1.35. The minimum Gasteiger partial charge on any atom is -0.465 e. The van der Waals surface area contributed by atoms with Gasteiger partial charge in [0.15, 0.2) is 0 Å². The van der Waals surface area contributed by atoms with Gasteiger partial charge in [-0.25, -0.2) is 0 Å². The molecule has 0 radical (unpaired) electrons. The molecule has 1 fully saturated rings. The van der Waals surface area contributed by atoms with E-state index < -0.39 is 0 Å². The van der Waals surface area contributed by atoms with Crippen molar-refractivity contribution in [1.29, 1.82) is 0 Å². The second-order valence-corrected chi connectivity index (χ2v) is 9.38. The van der Waals surface area contributed by atoms with E-state index in [1.807, 2.05) is 42.7 Å². The number of hydrogen-bond acceptors (Lipinski definition) is 4. The maximum Gasteiger partial charge on any atom is 0.293 e. The summed E-state index contributed by atoms with van der Waals surface area (Å²) in [6.45, 7) is 1.67. The third-order valence-electron chi connectivity index (χ3n) is 6.68. The highest BCUT2D eigenvalue weighted by atomic mass is 35.5. The number of carbonyl (C=O) groups is 2. The quantitative estimate of drug-likeness (QED) is 0.365. The number of benzene rings is 2. The molecule has 7 heteroatoms. The minimum atomic E-state index is -0.134. The van der Waals surface area contributed by atoms with Crippen LogP contribution in [-0.4, -0.2) is 34.6 Å². The molecule has 1 amide bonds. The summed E-state index contributed by atoms with van der Waals surface area (Å²) in [5.74, 6) is 0.240. The lowest BCUT2D eigenvalue weighted by Crippen LogP contribution is -2.33. The number of pyridine rings is 1. The number of nitrogens with zero attached hydrogens (tertiary/aromatic N) is 2. The maximum absolute atomic E-state index is 13.2. The largest absolute Gasteiger partial charge is 0.465 e. The van der Waals surface area contributed by atoms with Gasteiger partial charge in [0.05, 0.1) is 23.3 Å². The molecule has 0 atom stereocenters. The zero-order chi connectivity index (χ0) is 23.5. The molecular formula is C27H26ClN3O3. The molecule has 6 nitrogen and oxygen atoms in total. The van der Waals surface area contributed by atoms with E-state index in [-0.39, 0.29) is 12.0 Å². The zero-order valence-electron chi connectivity index (χ0n) is 18.7. The van der Waals surface area contributed by atoms with Crippen molar-refractivity contribution < 1.29 is 14.3 Å². The second-order valence-electron chi connectivity index (χ2n) is 8.94. The smallest absolute Gasteiger partial charge is 0.293 e. The Morgan fingerprint density at radius 1 is 1.09 bits per heavy atom. The number of amides is 1. The molecule has 2 aromatic carbocycles. The summed E-state index contributed by atoms with van der Waals surface area (Å²) in [4.78, 5) is 28.4. The third-order valence-corrected chi connectivity index (χ3v) is 6.90. The molecule has 1 aliphatic carbocycles. The summed E-state index contributed by atoms with van der Waals surface area (Å²) in [5, 5.41) is 6.79. The fourth-order valence-electron chi connectivity index (χ4n) is 4.89. The number of halogens is 1. The molecule has 1 saturated carbocycles. The fourth-order valence-corrected chi connectivity index (χ4v) is 5.12. The monoisotopic (exact) mass is 475 g/mol. The number of ether oxygens (including phenoxy) is 1. The van der Waals surface area contributed by atoms with E-state index in [4.69, 9.17) is 16.3 Å². The van der Waals surface area contributed by atoms with Gasteiger partial charge in [0.25, 0.3) is 12.4 Å². The molecule has 2 heterocycles. The second kappa shape index (κ2) is 9.85. The van der Waals surface area contributed by atoms with Crippen molar-refractivity contribution in [1.82, 2.24) is 14.9 Å². The van der Waals surface area contributed by atoms with Crippen LogP contribution in [0.4, 0.5) is 0 Å². The number of hydrogen-bond donors (Lipinski definition) is 1. The number of rotatable bonds is 7. The van der Waals surface area contributed by atoms with E-state index in [2.05, 4.69) is 27.0 Å². The molecule has 174 valence electrons. The van der Waals surface area contributed by atoms with Crippen molar-refractivity contribution in [2.75, 3.05) is 6.54 Å².